The SMILES string of the molecule is Cc1cscc1CNCC1CNc2ccccc2C1. The molecule has 2 aromatic rings. The molecule has 0 saturated heterocycles. The van der Waals surface area contributed by atoms with Crippen LogP contribution in [0.25, 0.3) is 0 Å². The minimum absolute atomic E-state index is 0.689. The first-order chi connectivity index (χ1) is 9.33. The third-order valence-corrected chi connectivity index (χ3v) is 4.73. The van der Waals surface area contributed by atoms with E-state index in [0.29, 0.717) is 5.92 Å². The molecule has 1 aliphatic rings. The van der Waals surface area contributed by atoms with Gasteiger partial charge in [0.05, 0.1) is 0 Å². The number of nitrogens with one attached hydrogen (secondary N) is 2. The monoisotopic (exact) mass is 272 g/mol. The number of hydrogen-bond acceptors (Lipinski definition) is 3. The van der Waals surface area contributed by atoms with Crippen LogP contribution in [0.1, 0.15) is 16.7 Å². The van der Waals surface area contributed by atoms with Gasteiger partial charge < -0.3 is 10.6 Å². The highest BCUT2D eigenvalue weighted by Gasteiger charge is 2.17. The predicted molar refractivity (Wildman–Crippen MR) is 82.9 cm³/mol. The van der Waals surface area contributed by atoms with Crippen molar-refractivity contribution in [2.45, 2.75) is 19.9 Å². The lowest BCUT2D eigenvalue weighted by molar-refractivity contribution is 0.483. The van der Waals surface area contributed by atoms with Crippen LogP contribution >= 0.6 is 11.3 Å². The summed E-state index contributed by atoms with van der Waals surface area (Å²) in [6.45, 7) is 5.34. The van der Waals surface area contributed by atoms with Crippen LogP contribution in [0.2, 0.25) is 0 Å². The van der Waals surface area contributed by atoms with E-state index in [-0.39, 0.29) is 0 Å². The molecular formula is C16H20N2S. The van der Waals surface area contributed by atoms with Crippen LogP contribution in [0, 0.1) is 12.8 Å². The summed E-state index contributed by atoms with van der Waals surface area (Å²) in [4.78, 5) is 0. The molecule has 1 aromatic carbocycles. The van der Waals surface area contributed by atoms with E-state index in [1.54, 1.807) is 11.3 Å². The highest BCUT2D eigenvalue weighted by Crippen LogP contribution is 2.23. The summed E-state index contributed by atoms with van der Waals surface area (Å²) in [6.07, 6.45) is 1.18. The Morgan fingerprint density at radius 3 is 3.05 bits per heavy atom. The molecule has 1 aromatic heterocycles. The van der Waals surface area contributed by atoms with Crippen molar-refractivity contribution in [2.24, 2.45) is 5.92 Å². The first kappa shape index (κ1) is 12.7. The zero-order valence-corrected chi connectivity index (χ0v) is 12.1. The molecule has 0 spiro atoms. The van der Waals surface area contributed by atoms with Gasteiger partial charge in [-0.05, 0) is 52.8 Å². The third-order valence-electron chi connectivity index (χ3n) is 3.82. The molecular weight excluding hydrogens is 252 g/mol. The fraction of sp³-hybridized carbons (Fsp3) is 0.375. The number of benzene rings is 1. The van der Waals surface area contributed by atoms with E-state index in [4.69, 9.17) is 0 Å². The second-order valence-electron chi connectivity index (χ2n) is 5.32. The van der Waals surface area contributed by atoms with Crippen LogP contribution < -0.4 is 10.6 Å². The van der Waals surface area contributed by atoms with Crippen molar-refractivity contribution in [1.29, 1.82) is 0 Å². The Labute approximate surface area is 118 Å². The Morgan fingerprint density at radius 2 is 2.21 bits per heavy atom. The summed E-state index contributed by atoms with van der Waals surface area (Å²) >= 11 is 1.79. The standard InChI is InChI=1S/C16H20N2S/c1-12-10-19-11-15(12)9-17-7-13-6-14-4-2-3-5-16(14)18-8-13/h2-5,10-11,13,17-18H,6-9H2,1H3. The van der Waals surface area contributed by atoms with E-state index >= 15 is 0 Å². The fourth-order valence-corrected chi connectivity index (χ4v) is 3.49. The number of thiophene rings is 1. The van der Waals surface area contributed by atoms with Crippen molar-refractivity contribution >= 4 is 17.0 Å². The molecule has 0 saturated carbocycles. The van der Waals surface area contributed by atoms with Gasteiger partial charge in [-0.2, -0.15) is 11.3 Å². The van der Waals surface area contributed by atoms with Gasteiger partial charge in [0.1, 0.15) is 0 Å². The van der Waals surface area contributed by atoms with Crippen LogP contribution in [0.5, 0.6) is 0 Å². The van der Waals surface area contributed by atoms with Gasteiger partial charge in [-0.3, -0.25) is 0 Å². The minimum Gasteiger partial charge on any atom is -0.384 e. The lowest BCUT2D eigenvalue weighted by atomic mass is 9.94. The Balaban J connectivity index is 1.51. The van der Waals surface area contributed by atoms with Gasteiger partial charge in [0, 0.05) is 25.3 Å². The van der Waals surface area contributed by atoms with E-state index in [1.165, 1.54) is 28.8 Å². The minimum atomic E-state index is 0.689. The van der Waals surface area contributed by atoms with Crippen molar-refractivity contribution in [2.75, 3.05) is 18.4 Å². The molecule has 0 aliphatic carbocycles. The number of para-hydroxylation sites is 1. The fourth-order valence-electron chi connectivity index (χ4n) is 2.63. The summed E-state index contributed by atoms with van der Waals surface area (Å²) in [7, 11) is 0. The smallest absolute Gasteiger partial charge is 0.0372 e. The Hall–Kier alpha value is -1.32. The molecule has 2 nitrogen and oxygen atoms in total. The van der Waals surface area contributed by atoms with Crippen LogP contribution in [0.3, 0.4) is 0 Å². The molecule has 100 valence electrons. The van der Waals surface area contributed by atoms with Crippen LogP contribution in [0.15, 0.2) is 35.0 Å². The second-order valence-corrected chi connectivity index (χ2v) is 6.06. The molecule has 19 heavy (non-hydrogen) atoms. The number of rotatable bonds is 4. The topological polar surface area (TPSA) is 24.1 Å². The molecule has 3 rings (SSSR count). The van der Waals surface area contributed by atoms with Gasteiger partial charge in [-0.25, -0.2) is 0 Å². The van der Waals surface area contributed by atoms with E-state index in [2.05, 4.69) is 52.6 Å². The molecule has 1 aliphatic heterocycles. The summed E-state index contributed by atoms with van der Waals surface area (Å²) in [5.41, 5.74) is 5.61. The van der Waals surface area contributed by atoms with Crippen LogP contribution in [0.4, 0.5) is 5.69 Å². The van der Waals surface area contributed by atoms with Crippen molar-refractivity contribution in [1.82, 2.24) is 5.32 Å². The molecule has 0 fully saturated rings. The molecule has 0 bridgehead atoms. The summed E-state index contributed by atoms with van der Waals surface area (Å²) in [5, 5.41) is 11.6. The number of anilines is 1. The van der Waals surface area contributed by atoms with Gasteiger partial charge in [0.15, 0.2) is 0 Å². The van der Waals surface area contributed by atoms with Gasteiger partial charge >= 0.3 is 0 Å². The van der Waals surface area contributed by atoms with E-state index in [9.17, 15) is 0 Å². The second kappa shape index (κ2) is 5.76. The molecule has 0 amide bonds. The van der Waals surface area contributed by atoms with E-state index in [0.717, 1.165) is 19.6 Å². The van der Waals surface area contributed by atoms with Gasteiger partial charge in [-0.15, -0.1) is 0 Å². The molecule has 2 heterocycles. The average molecular weight is 272 g/mol. The number of aryl methyl sites for hydroxylation is 1. The zero-order chi connectivity index (χ0) is 13.1. The van der Waals surface area contributed by atoms with E-state index < -0.39 is 0 Å². The largest absolute Gasteiger partial charge is 0.384 e. The van der Waals surface area contributed by atoms with E-state index in [1.807, 2.05) is 0 Å². The van der Waals surface area contributed by atoms with Crippen molar-refractivity contribution < 1.29 is 0 Å². The summed E-state index contributed by atoms with van der Waals surface area (Å²) in [6, 6.07) is 8.64. The molecule has 1 unspecified atom stereocenters. The highest BCUT2D eigenvalue weighted by atomic mass is 32.1. The lowest BCUT2D eigenvalue weighted by Gasteiger charge is -2.26. The maximum Gasteiger partial charge on any atom is 0.0372 e. The van der Waals surface area contributed by atoms with Crippen molar-refractivity contribution in [3.05, 3.63) is 51.7 Å². The zero-order valence-electron chi connectivity index (χ0n) is 11.3. The first-order valence-corrected chi connectivity index (χ1v) is 7.81. The quantitative estimate of drug-likeness (QED) is 0.891. The highest BCUT2D eigenvalue weighted by molar-refractivity contribution is 7.08. The summed E-state index contributed by atoms with van der Waals surface area (Å²) < 4.78 is 0. The first-order valence-electron chi connectivity index (χ1n) is 6.87. The molecule has 0 radical (unpaired) electrons. The average Bonchev–Trinajstić information content (AvgIpc) is 2.84. The third kappa shape index (κ3) is 2.99. The van der Waals surface area contributed by atoms with Crippen molar-refractivity contribution in [3.8, 4) is 0 Å². The van der Waals surface area contributed by atoms with Crippen LogP contribution in [-0.2, 0) is 13.0 Å². The van der Waals surface area contributed by atoms with Gasteiger partial charge in [0.2, 0.25) is 0 Å². The van der Waals surface area contributed by atoms with Gasteiger partial charge in [0.25, 0.3) is 0 Å². The Kier molecular flexibility index (Phi) is 3.85. The molecule has 1 atom stereocenters. The van der Waals surface area contributed by atoms with Gasteiger partial charge in [-0.1, -0.05) is 18.2 Å². The number of fused-ring (bicyclic) bond motifs is 1. The normalized spacial score (nSPS) is 17.8. The van der Waals surface area contributed by atoms with Crippen molar-refractivity contribution in [3.63, 3.8) is 0 Å². The lowest BCUT2D eigenvalue weighted by Crippen LogP contribution is -2.32. The summed E-state index contributed by atoms with van der Waals surface area (Å²) in [5.74, 6) is 0.689. The Morgan fingerprint density at radius 1 is 1.32 bits per heavy atom. The molecule has 2 N–H and O–H groups in total. The maximum absolute atomic E-state index is 3.60. The Bertz CT molecular complexity index is 547. The predicted octanol–water partition coefficient (Wildman–Crippen LogP) is 3.43. The number of hydrogen-bond donors (Lipinski definition) is 2. The molecule has 3 heteroatoms. The maximum atomic E-state index is 3.60. The van der Waals surface area contributed by atoms with Crippen LogP contribution in [-0.4, -0.2) is 13.1 Å².